The van der Waals surface area contributed by atoms with Crippen LogP contribution in [0.4, 0.5) is 5.69 Å². The average Bonchev–Trinajstić information content (AvgIpc) is 3.11. The molecule has 148 valence electrons. The minimum atomic E-state index is -3.85. The van der Waals surface area contributed by atoms with E-state index in [9.17, 15) is 18.0 Å². The maximum Gasteiger partial charge on any atom is 0.303 e. The van der Waals surface area contributed by atoms with E-state index in [4.69, 9.17) is 5.11 Å². The van der Waals surface area contributed by atoms with Crippen molar-refractivity contribution in [1.29, 1.82) is 0 Å². The molecule has 0 aliphatic heterocycles. The van der Waals surface area contributed by atoms with Gasteiger partial charge in [-0.05, 0) is 42.3 Å². The van der Waals surface area contributed by atoms with Crippen LogP contribution in [0, 0.1) is 0 Å². The van der Waals surface area contributed by atoms with Gasteiger partial charge in [-0.1, -0.05) is 18.2 Å². The van der Waals surface area contributed by atoms with Crippen molar-refractivity contribution < 1.29 is 18.3 Å². The van der Waals surface area contributed by atoms with E-state index < -0.39 is 16.0 Å². The van der Waals surface area contributed by atoms with Gasteiger partial charge in [-0.15, -0.1) is 0 Å². The predicted molar refractivity (Wildman–Crippen MR) is 110 cm³/mol. The van der Waals surface area contributed by atoms with E-state index in [0.717, 1.165) is 0 Å². The molecule has 0 spiro atoms. The highest BCUT2D eigenvalue weighted by atomic mass is 32.2. The Bertz CT molecular complexity index is 1390. The highest BCUT2D eigenvalue weighted by molar-refractivity contribution is 7.92. The largest absolute Gasteiger partial charge is 0.481 e. The number of aryl methyl sites for hydroxylation is 1. The Labute approximate surface area is 165 Å². The summed E-state index contributed by atoms with van der Waals surface area (Å²) in [5, 5.41) is 10.0. The number of fused-ring (bicyclic) bond motifs is 3. The molecular formula is C20H17N3O5S. The quantitative estimate of drug-likeness (QED) is 0.387. The van der Waals surface area contributed by atoms with Crippen molar-refractivity contribution in [3.8, 4) is 0 Å². The molecule has 0 aliphatic rings. The Hall–Kier alpha value is -3.59. The number of sulfonamides is 1. The van der Waals surface area contributed by atoms with Crippen LogP contribution in [0.2, 0.25) is 0 Å². The van der Waals surface area contributed by atoms with Crippen LogP contribution >= 0.6 is 0 Å². The monoisotopic (exact) mass is 411 g/mol. The third-order valence-corrected chi connectivity index (χ3v) is 6.02. The van der Waals surface area contributed by atoms with E-state index >= 15 is 0 Å². The molecule has 2 aromatic heterocycles. The summed E-state index contributed by atoms with van der Waals surface area (Å²) in [6.07, 6.45) is 1.70. The van der Waals surface area contributed by atoms with Gasteiger partial charge in [0.2, 0.25) is 0 Å². The summed E-state index contributed by atoms with van der Waals surface area (Å²) >= 11 is 0. The maximum absolute atomic E-state index is 12.8. The van der Waals surface area contributed by atoms with E-state index in [0.29, 0.717) is 27.5 Å². The molecule has 0 atom stereocenters. The maximum atomic E-state index is 12.8. The molecular weight excluding hydrogens is 394 g/mol. The molecule has 0 saturated carbocycles. The first kappa shape index (κ1) is 18.8. The molecule has 0 unspecified atom stereocenters. The molecule has 9 heteroatoms. The molecule has 0 bridgehead atoms. The normalized spacial score (nSPS) is 11.7. The summed E-state index contributed by atoms with van der Waals surface area (Å²) in [6, 6.07) is 12.9. The van der Waals surface area contributed by atoms with E-state index in [1.165, 1.54) is 18.2 Å². The molecule has 29 heavy (non-hydrogen) atoms. The number of H-pyrrole nitrogens is 2. The van der Waals surface area contributed by atoms with Gasteiger partial charge in [-0.25, -0.2) is 8.42 Å². The number of carboxylic acid groups (broad SMARTS) is 1. The van der Waals surface area contributed by atoms with Gasteiger partial charge < -0.3 is 15.1 Å². The minimum absolute atomic E-state index is 0.0348. The summed E-state index contributed by atoms with van der Waals surface area (Å²) in [4.78, 5) is 28.9. The molecule has 8 nitrogen and oxygen atoms in total. The SMILES string of the molecule is O=C(O)CCc1c[nH]c2c(=O)[nH]c3ccc(S(=O)(=O)Nc4ccccc4)cc3c12. The zero-order valence-electron chi connectivity index (χ0n) is 15.1. The fourth-order valence-corrected chi connectivity index (χ4v) is 4.39. The van der Waals surface area contributed by atoms with Crippen LogP contribution in [0.25, 0.3) is 21.8 Å². The Morgan fingerprint density at radius 1 is 1.10 bits per heavy atom. The van der Waals surface area contributed by atoms with Gasteiger partial charge >= 0.3 is 5.97 Å². The second-order valence-corrected chi connectivity index (χ2v) is 8.27. The summed E-state index contributed by atoms with van der Waals surface area (Å²) < 4.78 is 28.2. The number of pyridine rings is 1. The number of aromatic nitrogens is 2. The van der Waals surface area contributed by atoms with Crippen LogP contribution in [0.15, 0.2) is 64.4 Å². The highest BCUT2D eigenvalue weighted by Gasteiger charge is 2.18. The molecule has 0 amide bonds. The van der Waals surface area contributed by atoms with Crippen molar-refractivity contribution in [2.24, 2.45) is 0 Å². The fraction of sp³-hybridized carbons (Fsp3) is 0.100. The second-order valence-electron chi connectivity index (χ2n) is 6.59. The topological polar surface area (TPSA) is 132 Å². The van der Waals surface area contributed by atoms with Gasteiger partial charge in [-0.3, -0.25) is 14.3 Å². The number of anilines is 1. The average molecular weight is 411 g/mol. The lowest BCUT2D eigenvalue weighted by Crippen LogP contribution is -2.13. The predicted octanol–water partition coefficient (Wildman–Crippen LogP) is 2.83. The molecule has 0 aliphatic carbocycles. The second kappa shape index (κ2) is 7.10. The lowest BCUT2D eigenvalue weighted by molar-refractivity contribution is -0.136. The minimum Gasteiger partial charge on any atom is -0.481 e. The molecule has 0 fully saturated rings. The number of rotatable bonds is 6. The summed E-state index contributed by atoms with van der Waals surface area (Å²) in [5.74, 6) is -0.955. The first-order valence-corrected chi connectivity index (χ1v) is 10.3. The van der Waals surface area contributed by atoms with Gasteiger partial charge in [0, 0.05) is 34.6 Å². The fourth-order valence-electron chi connectivity index (χ4n) is 3.30. The van der Waals surface area contributed by atoms with Crippen molar-refractivity contribution in [1.82, 2.24) is 9.97 Å². The summed E-state index contributed by atoms with van der Waals surface area (Å²) in [7, 11) is -3.85. The smallest absolute Gasteiger partial charge is 0.303 e. The highest BCUT2D eigenvalue weighted by Crippen LogP contribution is 2.28. The Kier molecular flexibility index (Phi) is 4.59. The first-order valence-electron chi connectivity index (χ1n) is 8.81. The Morgan fingerprint density at radius 3 is 2.59 bits per heavy atom. The molecule has 4 N–H and O–H groups in total. The molecule has 2 heterocycles. The van der Waals surface area contributed by atoms with Gasteiger partial charge in [-0.2, -0.15) is 0 Å². The molecule has 0 radical (unpaired) electrons. The number of carbonyl (C=O) groups is 1. The molecule has 4 rings (SSSR count). The van der Waals surface area contributed by atoms with Crippen molar-refractivity contribution in [3.05, 3.63) is 70.6 Å². The van der Waals surface area contributed by atoms with E-state index in [1.807, 2.05) is 0 Å². The number of carboxylic acids is 1. The van der Waals surface area contributed by atoms with Gasteiger partial charge in [0.1, 0.15) is 5.52 Å². The zero-order chi connectivity index (χ0) is 20.6. The Balaban J connectivity index is 1.87. The number of aromatic amines is 2. The number of hydrogen-bond donors (Lipinski definition) is 4. The molecule has 2 aromatic carbocycles. The number of para-hydroxylation sites is 1. The van der Waals surface area contributed by atoms with E-state index in [2.05, 4.69) is 14.7 Å². The van der Waals surface area contributed by atoms with Gasteiger partial charge in [0.05, 0.1) is 4.90 Å². The van der Waals surface area contributed by atoms with Crippen molar-refractivity contribution in [2.75, 3.05) is 4.72 Å². The molecule has 0 saturated heterocycles. The van der Waals surface area contributed by atoms with Crippen molar-refractivity contribution in [3.63, 3.8) is 0 Å². The Morgan fingerprint density at radius 2 is 1.86 bits per heavy atom. The lowest BCUT2D eigenvalue weighted by atomic mass is 10.0. The van der Waals surface area contributed by atoms with Crippen molar-refractivity contribution in [2.45, 2.75) is 17.7 Å². The summed E-state index contributed by atoms with van der Waals surface area (Å²) in [6.45, 7) is 0. The number of benzene rings is 2. The van der Waals surface area contributed by atoms with Crippen LogP contribution in [-0.4, -0.2) is 29.5 Å². The zero-order valence-corrected chi connectivity index (χ0v) is 15.9. The van der Waals surface area contributed by atoms with Crippen LogP contribution in [0.1, 0.15) is 12.0 Å². The third kappa shape index (κ3) is 3.59. The number of hydrogen-bond acceptors (Lipinski definition) is 4. The van der Waals surface area contributed by atoms with Gasteiger partial charge in [0.15, 0.2) is 0 Å². The number of aliphatic carboxylic acids is 1. The van der Waals surface area contributed by atoms with Crippen LogP contribution in [0.5, 0.6) is 0 Å². The summed E-state index contributed by atoms with van der Waals surface area (Å²) in [5.41, 5.74) is 1.47. The van der Waals surface area contributed by atoms with Crippen LogP contribution < -0.4 is 10.3 Å². The lowest BCUT2D eigenvalue weighted by Gasteiger charge is -2.10. The van der Waals surface area contributed by atoms with E-state index in [1.54, 1.807) is 36.5 Å². The van der Waals surface area contributed by atoms with Gasteiger partial charge in [0.25, 0.3) is 15.6 Å². The van der Waals surface area contributed by atoms with Crippen molar-refractivity contribution >= 4 is 43.5 Å². The van der Waals surface area contributed by atoms with Crippen LogP contribution in [-0.2, 0) is 21.2 Å². The van der Waals surface area contributed by atoms with E-state index in [-0.39, 0.29) is 28.8 Å². The number of nitrogens with one attached hydrogen (secondary N) is 3. The molecule has 4 aromatic rings. The first-order chi connectivity index (χ1) is 13.8. The standard InChI is InChI=1S/C20H17N3O5S/c24-17(25)9-6-12-11-21-19-18(12)15-10-14(7-8-16(15)22-20(19)26)29(27,28)23-13-4-2-1-3-5-13/h1-5,7-8,10-11,21,23H,6,9H2,(H,22,26)(H,24,25). The third-order valence-electron chi connectivity index (χ3n) is 4.64. The van der Waals surface area contributed by atoms with Crippen LogP contribution in [0.3, 0.4) is 0 Å².